The standard InChI is InChI=1S/C49H58N4/c1-31(2)38-25-18-26-39(32(3)4)47(38)53(10)48(50)40-22-15-14-21-36(40)27-28-45-41-23-16-17-24-42(41)49(52(45)9)51-46-43(33(5)6)29-37(30-44(46)34(7)8)35-19-12-11-13-20-35/h11-26,28-34,49-51H,27H2,1-10H3/b45-28+,50-48?. The maximum atomic E-state index is 9.56. The lowest BCUT2D eigenvalue weighted by Crippen LogP contribution is -2.29. The Hall–Kier alpha value is -5.09. The SMILES string of the molecule is CC(C)c1cc(-c2ccccc2)cc(C(C)C)c1NC1c2ccccc2/C(=C\Cc2ccccc2C(=N)N(C)c2c(C(C)C)cccc2C(C)C)N1C. The predicted octanol–water partition coefficient (Wildman–Crippen LogP) is 12.9. The monoisotopic (exact) mass is 702 g/mol. The molecular weight excluding hydrogens is 645 g/mol. The first kappa shape index (κ1) is 37.7. The highest BCUT2D eigenvalue weighted by atomic mass is 15.3. The fraction of sp³-hybridized carbons (Fsp3) is 0.327. The van der Waals surface area contributed by atoms with Gasteiger partial charge in [-0.15, -0.1) is 0 Å². The number of anilines is 2. The van der Waals surface area contributed by atoms with Gasteiger partial charge in [-0.25, -0.2) is 0 Å². The molecule has 53 heavy (non-hydrogen) atoms. The average Bonchev–Trinajstić information content (AvgIpc) is 3.42. The smallest absolute Gasteiger partial charge is 0.132 e. The van der Waals surface area contributed by atoms with E-state index in [2.05, 4.69) is 200 Å². The van der Waals surface area contributed by atoms with Crippen LogP contribution in [0.15, 0.2) is 115 Å². The molecule has 5 aromatic rings. The maximum Gasteiger partial charge on any atom is 0.132 e. The molecule has 6 rings (SSSR count). The summed E-state index contributed by atoms with van der Waals surface area (Å²) in [7, 11) is 4.27. The number of hydrogen-bond acceptors (Lipinski definition) is 3. The van der Waals surface area contributed by atoms with Gasteiger partial charge >= 0.3 is 0 Å². The molecule has 1 heterocycles. The first-order valence-electron chi connectivity index (χ1n) is 19.4. The minimum atomic E-state index is -0.0170. The third kappa shape index (κ3) is 7.55. The lowest BCUT2D eigenvalue weighted by atomic mass is 9.88. The van der Waals surface area contributed by atoms with Crippen molar-refractivity contribution in [2.75, 3.05) is 24.3 Å². The Labute approximate surface area is 319 Å². The number of hydrogen-bond donors (Lipinski definition) is 2. The van der Waals surface area contributed by atoms with Crippen molar-refractivity contribution in [2.45, 2.75) is 91.6 Å². The lowest BCUT2D eigenvalue weighted by Gasteiger charge is -2.30. The highest BCUT2D eigenvalue weighted by molar-refractivity contribution is 6.09. The van der Waals surface area contributed by atoms with Gasteiger partial charge in [-0.05, 0) is 81.2 Å². The highest BCUT2D eigenvalue weighted by Gasteiger charge is 2.32. The number of rotatable bonds is 11. The Morgan fingerprint density at radius 3 is 1.83 bits per heavy atom. The third-order valence-corrected chi connectivity index (χ3v) is 10.9. The summed E-state index contributed by atoms with van der Waals surface area (Å²) < 4.78 is 0. The molecule has 0 saturated heterocycles. The zero-order valence-corrected chi connectivity index (χ0v) is 33.5. The summed E-state index contributed by atoms with van der Waals surface area (Å²) in [6.45, 7) is 18.2. The van der Waals surface area contributed by atoms with Crippen molar-refractivity contribution in [3.63, 3.8) is 0 Å². The van der Waals surface area contributed by atoms with Crippen LogP contribution in [0.1, 0.15) is 130 Å². The van der Waals surface area contributed by atoms with Gasteiger partial charge in [0, 0.05) is 47.9 Å². The van der Waals surface area contributed by atoms with Crippen molar-refractivity contribution in [3.05, 3.63) is 160 Å². The van der Waals surface area contributed by atoms with Crippen molar-refractivity contribution in [1.82, 2.24) is 4.90 Å². The number of nitrogens with zero attached hydrogens (tertiary/aromatic N) is 2. The van der Waals surface area contributed by atoms with Gasteiger partial charge in [0.1, 0.15) is 12.0 Å². The van der Waals surface area contributed by atoms with Crippen molar-refractivity contribution in [1.29, 1.82) is 5.41 Å². The number of benzene rings is 5. The fourth-order valence-electron chi connectivity index (χ4n) is 7.96. The van der Waals surface area contributed by atoms with Crippen LogP contribution in [0.5, 0.6) is 0 Å². The molecule has 1 aliphatic rings. The van der Waals surface area contributed by atoms with Gasteiger partial charge in [-0.3, -0.25) is 5.41 Å². The number of fused-ring (bicyclic) bond motifs is 1. The van der Waals surface area contributed by atoms with Crippen LogP contribution in [0, 0.1) is 5.41 Å². The molecule has 0 aliphatic carbocycles. The molecule has 0 spiro atoms. The molecule has 0 fully saturated rings. The molecule has 5 aromatic carbocycles. The van der Waals surface area contributed by atoms with E-state index >= 15 is 0 Å². The van der Waals surface area contributed by atoms with E-state index in [9.17, 15) is 5.41 Å². The fourth-order valence-corrected chi connectivity index (χ4v) is 7.96. The molecular formula is C49H58N4. The van der Waals surface area contributed by atoms with Crippen molar-refractivity contribution >= 4 is 22.9 Å². The van der Waals surface area contributed by atoms with Gasteiger partial charge in [-0.2, -0.15) is 0 Å². The summed E-state index contributed by atoms with van der Waals surface area (Å²) in [4.78, 5) is 4.51. The van der Waals surface area contributed by atoms with E-state index in [0.717, 1.165) is 23.2 Å². The van der Waals surface area contributed by atoms with Gasteiger partial charge in [0.05, 0.1) is 0 Å². The highest BCUT2D eigenvalue weighted by Crippen LogP contribution is 2.45. The van der Waals surface area contributed by atoms with E-state index in [0.29, 0.717) is 29.5 Å². The van der Waals surface area contributed by atoms with Crippen LogP contribution < -0.4 is 10.2 Å². The van der Waals surface area contributed by atoms with Crippen LogP contribution in [0.3, 0.4) is 0 Å². The molecule has 1 aliphatic heterocycles. The Balaban J connectivity index is 1.35. The molecule has 4 heteroatoms. The Kier molecular flexibility index (Phi) is 11.3. The van der Waals surface area contributed by atoms with E-state index < -0.39 is 0 Å². The van der Waals surface area contributed by atoms with Gasteiger partial charge in [0.25, 0.3) is 0 Å². The first-order valence-corrected chi connectivity index (χ1v) is 19.4. The summed E-state index contributed by atoms with van der Waals surface area (Å²) in [5.74, 6) is 1.94. The van der Waals surface area contributed by atoms with Crippen molar-refractivity contribution in [3.8, 4) is 11.1 Å². The molecule has 0 saturated carbocycles. The van der Waals surface area contributed by atoms with Crippen LogP contribution in [0.2, 0.25) is 0 Å². The second kappa shape index (κ2) is 15.9. The number of allylic oxidation sites excluding steroid dienone is 1. The van der Waals surface area contributed by atoms with Crippen LogP contribution in [-0.2, 0) is 6.42 Å². The second-order valence-corrected chi connectivity index (χ2v) is 15.9. The maximum absolute atomic E-state index is 9.56. The normalized spacial score (nSPS) is 14.9. The summed E-state index contributed by atoms with van der Waals surface area (Å²) >= 11 is 0. The topological polar surface area (TPSA) is 42.4 Å². The number of para-hydroxylation sites is 1. The van der Waals surface area contributed by atoms with E-state index in [1.165, 1.54) is 55.9 Å². The van der Waals surface area contributed by atoms with E-state index in [-0.39, 0.29) is 6.17 Å². The molecule has 0 radical (unpaired) electrons. The molecule has 4 nitrogen and oxygen atoms in total. The zero-order chi connectivity index (χ0) is 38.0. The van der Waals surface area contributed by atoms with Crippen LogP contribution in [-0.4, -0.2) is 24.8 Å². The molecule has 0 aromatic heterocycles. The number of amidine groups is 1. The van der Waals surface area contributed by atoms with Gasteiger partial charge in [0.2, 0.25) is 0 Å². The van der Waals surface area contributed by atoms with Gasteiger partial charge in [0.15, 0.2) is 0 Å². The van der Waals surface area contributed by atoms with Gasteiger partial charge in [-0.1, -0.05) is 159 Å². The molecule has 0 amide bonds. The van der Waals surface area contributed by atoms with Gasteiger partial charge < -0.3 is 15.1 Å². The zero-order valence-electron chi connectivity index (χ0n) is 33.5. The van der Waals surface area contributed by atoms with E-state index in [1.807, 2.05) is 0 Å². The van der Waals surface area contributed by atoms with E-state index in [1.54, 1.807) is 0 Å². The molecule has 1 atom stereocenters. The Morgan fingerprint density at radius 1 is 0.679 bits per heavy atom. The molecule has 1 unspecified atom stereocenters. The van der Waals surface area contributed by atoms with Crippen LogP contribution >= 0.6 is 0 Å². The van der Waals surface area contributed by atoms with Crippen molar-refractivity contribution in [2.24, 2.45) is 0 Å². The summed E-state index contributed by atoms with van der Waals surface area (Å²) in [6, 6.07) is 39.4. The summed E-state index contributed by atoms with van der Waals surface area (Å²) in [6.07, 6.45) is 3.06. The predicted molar refractivity (Wildman–Crippen MR) is 229 cm³/mol. The Morgan fingerprint density at radius 2 is 1.23 bits per heavy atom. The third-order valence-electron chi connectivity index (χ3n) is 10.9. The quantitative estimate of drug-likeness (QED) is 0.106. The molecule has 2 N–H and O–H groups in total. The first-order chi connectivity index (χ1) is 25.4. The minimum Gasteiger partial charge on any atom is -0.361 e. The van der Waals surface area contributed by atoms with Crippen molar-refractivity contribution < 1.29 is 0 Å². The lowest BCUT2D eigenvalue weighted by molar-refractivity contribution is 0.413. The molecule has 0 bridgehead atoms. The number of nitrogens with one attached hydrogen (secondary N) is 2. The Bertz CT molecular complexity index is 2050. The van der Waals surface area contributed by atoms with Crippen LogP contribution in [0.25, 0.3) is 16.8 Å². The second-order valence-electron chi connectivity index (χ2n) is 15.9. The van der Waals surface area contributed by atoms with E-state index in [4.69, 9.17) is 0 Å². The minimum absolute atomic E-state index is 0.0170. The summed E-state index contributed by atoms with van der Waals surface area (Å²) in [5.41, 5.74) is 16.0. The van der Waals surface area contributed by atoms with Crippen LogP contribution in [0.4, 0.5) is 11.4 Å². The average molecular weight is 703 g/mol. The summed E-state index contributed by atoms with van der Waals surface area (Å²) in [5, 5.41) is 13.6. The largest absolute Gasteiger partial charge is 0.361 e. The molecule has 274 valence electrons.